The van der Waals surface area contributed by atoms with E-state index in [-0.39, 0.29) is 0 Å². The SMILES string of the molecule is COc1cc(C)cc(C)c1C(C)C(C)CNCC(C)C. The van der Waals surface area contributed by atoms with Crippen molar-refractivity contribution in [1.29, 1.82) is 0 Å². The number of benzene rings is 1. The van der Waals surface area contributed by atoms with Crippen LogP contribution in [-0.4, -0.2) is 20.2 Å². The van der Waals surface area contributed by atoms with E-state index in [2.05, 4.69) is 59.0 Å². The quantitative estimate of drug-likeness (QED) is 0.802. The topological polar surface area (TPSA) is 21.3 Å². The molecule has 0 aliphatic rings. The van der Waals surface area contributed by atoms with Gasteiger partial charge in [0.15, 0.2) is 0 Å². The van der Waals surface area contributed by atoms with Crippen LogP contribution in [0.5, 0.6) is 5.75 Å². The molecule has 1 aromatic carbocycles. The van der Waals surface area contributed by atoms with E-state index in [0.29, 0.717) is 17.8 Å². The summed E-state index contributed by atoms with van der Waals surface area (Å²) in [5, 5.41) is 3.56. The second-order valence-electron chi connectivity index (χ2n) is 6.52. The van der Waals surface area contributed by atoms with Crippen LogP contribution in [0, 0.1) is 25.7 Å². The van der Waals surface area contributed by atoms with Gasteiger partial charge in [-0.3, -0.25) is 0 Å². The van der Waals surface area contributed by atoms with E-state index in [1.807, 2.05) is 0 Å². The first-order chi connectivity index (χ1) is 9.36. The number of hydrogen-bond acceptors (Lipinski definition) is 2. The lowest BCUT2D eigenvalue weighted by Gasteiger charge is -2.25. The van der Waals surface area contributed by atoms with Crippen molar-refractivity contribution in [2.45, 2.75) is 47.5 Å². The molecule has 0 aliphatic carbocycles. The molecule has 0 bridgehead atoms. The first-order valence-electron chi connectivity index (χ1n) is 7.72. The van der Waals surface area contributed by atoms with Gasteiger partial charge in [-0.1, -0.05) is 33.8 Å². The Hall–Kier alpha value is -1.02. The predicted octanol–water partition coefficient (Wildman–Crippen LogP) is 4.30. The maximum absolute atomic E-state index is 5.60. The summed E-state index contributed by atoms with van der Waals surface area (Å²) in [5.74, 6) is 2.81. The summed E-state index contributed by atoms with van der Waals surface area (Å²) in [7, 11) is 1.77. The average Bonchev–Trinajstić information content (AvgIpc) is 2.36. The van der Waals surface area contributed by atoms with Crippen LogP contribution in [0.1, 0.15) is 50.3 Å². The Morgan fingerprint density at radius 2 is 1.70 bits per heavy atom. The zero-order valence-corrected chi connectivity index (χ0v) is 14.2. The highest BCUT2D eigenvalue weighted by Gasteiger charge is 2.20. The molecule has 1 aromatic rings. The molecule has 2 atom stereocenters. The van der Waals surface area contributed by atoms with Gasteiger partial charge in [0.2, 0.25) is 0 Å². The maximum atomic E-state index is 5.60. The molecule has 114 valence electrons. The number of rotatable bonds is 7. The van der Waals surface area contributed by atoms with E-state index in [0.717, 1.165) is 18.8 Å². The maximum Gasteiger partial charge on any atom is 0.122 e. The molecule has 0 fully saturated rings. The smallest absolute Gasteiger partial charge is 0.122 e. The van der Waals surface area contributed by atoms with Crippen LogP contribution in [0.2, 0.25) is 0 Å². The molecule has 20 heavy (non-hydrogen) atoms. The Bertz CT molecular complexity index is 426. The van der Waals surface area contributed by atoms with Crippen molar-refractivity contribution in [3.8, 4) is 5.75 Å². The van der Waals surface area contributed by atoms with Crippen molar-refractivity contribution in [2.75, 3.05) is 20.2 Å². The van der Waals surface area contributed by atoms with Crippen molar-refractivity contribution >= 4 is 0 Å². The Morgan fingerprint density at radius 1 is 1.05 bits per heavy atom. The van der Waals surface area contributed by atoms with E-state index in [1.165, 1.54) is 16.7 Å². The average molecular weight is 277 g/mol. The van der Waals surface area contributed by atoms with Crippen molar-refractivity contribution in [1.82, 2.24) is 5.32 Å². The summed E-state index contributed by atoms with van der Waals surface area (Å²) in [4.78, 5) is 0. The van der Waals surface area contributed by atoms with E-state index in [4.69, 9.17) is 4.74 Å². The Balaban J connectivity index is 2.83. The minimum atomic E-state index is 0.491. The molecule has 0 aromatic heterocycles. The molecular formula is C18H31NO. The lowest BCUT2D eigenvalue weighted by atomic mass is 9.85. The fourth-order valence-electron chi connectivity index (χ4n) is 2.75. The van der Waals surface area contributed by atoms with Crippen molar-refractivity contribution in [2.24, 2.45) is 11.8 Å². The second kappa shape index (κ2) is 7.68. The molecule has 2 heteroatoms. The van der Waals surface area contributed by atoms with Crippen molar-refractivity contribution < 1.29 is 4.74 Å². The van der Waals surface area contributed by atoms with E-state index < -0.39 is 0 Å². The number of hydrogen-bond donors (Lipinski definition) is 1. The highest BCUT2D eigenvalue weighted by atomic mass is 16.5. The Kier molecular flexibility index (Phi) is 6.54. The van der Waals surface area contributed by atoms with Crippen LogP contribution < -0.4 is 10.1 Å². The lowest BCUT2D eigenvalue weighted by Crippen LogP contribution is -2.27. The van der Waals surface area contributed by atoms with Gasteiger partial charge in [-0.2, -0.15) is 0 Å². The van der Waals surface area contributed by atoms with E-state index in [1.54, 1.807) is 7.11 Å². The van der Waals surface area contributed by atoms with Crippen LogP contribution >= 0.6 is 0 Å². The molecule has 0 amide bonds. The summed E-state index contributed by atoms with van der Waals surface area (Å²) < 4.78 is 5.60. The summed E-state index contributed by atoms with van der Waals surface area (Å²) >= 11 is 0. The number of aryl methyl sites for hydroxylation is 2. The molecule has 2 nitrogen and oxygen atoms in total. The van der Waals surface area contributed by atoms with Crippen molar-refractivity contribution in [3.05, 3.63) is 28.8 Å². The minimum Gasteiger partial charge on any atom is -0.496 e. The van der Waals surface area contributed by atoms with Gasteiger partial charge >= 0.3 is 0 Å². The molecule has 0 saturated carbocycles. The zero-order valence-electron chi connectivity index (χ0n) is 14.2. The van der Waals surface area contributed by atoms with Gasteiger partial charge in [-0.05, 0) is 61.9 Å². The standard InChI is InChI=1S/C18H31NO/c1-12(2)10-19-11-15(5)16(6)18-14(4)8-13(3)9-17(18)20-7/h8-9,12,15-16,19H,10-11H2,1-7H3. The third-order valence-electron chi connectivity index (χ3n) is 4.04. The molecule has 0 heterocycles. The summed E-state index contributed by atoms with van der Waals surface area (Å²) in [6.07, 6.45) is 0. The van der Waals surface area contributed by atoms with Gasteiger partial charge in [0, 0.05) is 5.56 Å². The van der Waals surface area contributed by atoms with Gasteiger partial charge in [0.1, 0.15) is 5.75 Å². The molecule has 1 rings (SSSR count). The van der Waals surface area contributed by atoms with Crippen LogP contribution in [0.25, 0.3) is 0 Å². The second-order valence-corrected chi connectivity index (χ2v) is 6.52. The Morgan fingerprint density at radius 3 is 2.25 bits per heavy atom. The normalized spacial score (nSPS) is 14.4. The van der Waals surface area contributed by atoms with Gasteiger partial charge in [-0.15, -0.1) is 0 Å². The third kappa shape index (κ3) is 4.52. The van der Waals surface area contributed by atoms with E-state index in [9.17, 15) is 0 Å². The van der Waals surface area contributed by atoms with Crippen LogP contribution in [0.4, 0.5) is 0 Å². The van der Waals surface area contributed by atoms with Crippen LogP contribution in [0.15, 0.2) is 12.1 Å². The van der Waals surface area contributed by atoms with Crippen LogP contribution in [0.3, 0.4) is 0 Å². The Labute approximate surface area is 124 Å². The summed E-state index contributed by atoms with van der Waals surface area (Å²) in [6.45, 7) is 15.6. The number of methoxy groups -OCH3 is 1. The molecular weight excluding hydrogens is 246 g/mol. The summed E-state index contributed by atoms with van der Waals surface area (Å²) in [5.41, 5.74) is 3.96. The highest BCUT2D eigenvalue weighted by Crippen LogP contribution is 2.35. The van der Waals surface area contributed by atoms with Gasteiger partial charge in [0.25, 0.3) is 0 Å². The van der Waals surface area contributed by atoms with Crippen LogP contribution in [-0.2, 0) is 0 Å². The molecule has 0 radical (unpaired) electrons. The van der Waals surface area contributed by atoms with Gasteiger partial charge in [0.05, 0.1) is 7.11 Å². The molecule has 1 N–H and O–H groups in total. The first kappa shape index (κ1) is 17.0. The molecule has 0 aliphatic heterocycles. The largest absolute Gasteiger partial charge is 0.496 e. The van der Waals surface area contributed by atoms with E-state index >= 15 is 0 Å². The molecule has 0 spiro atoms. The molecule has 0 saturated heterocycles. The van der Waals surface area contributed by atoms with Crippen molar-refractivity contribution in [3.63, 3.8) is 0 Å². The molecule has 2 unspecified atom stereocenters. The lowest BCUT2D eigenvalue weighted by molar-refractivity contribution is 0.384. The minimum absolute atomic E-state index is 0.491. The van der Waals surface area contributed by atoms with Gasteiger partial charge < -0.3 is 10.1 Å². The first-order valence-corrected chi connectivity index (χ1v) is 7.72. The fourth-order valence-corrected chi connectivity index (χ4v) is 2.75. The monoisotopic (exact) mass is 277 g/mol. The highest BCUT2D eigenvalue weighted by molar-refractivity contribution is 5.45. The predicted molar refractivity (Wildman–Crippen MR) is 87.8 cm³/mol. The fraction of sp³-hybridized carbons (Fsp3) is 0.667. The van der Waals surface area contributed by atoms with Gasteiger partial charge in [-0.25, -0.2) is 0 Å². The summed E-state index contributed by atoms with van der Waals surface area (Å²) in [6, 6.07) is 4.40. The third-order valence-corrected chi connectivity index (χ3v) is 4.04. The number of ether oxygens (including phenoxy) is 1. The number of nitrogens with one attached hydrogen (secondary N) is 1. The zero-order chi connectivity index (χ0) is 15.3.